The molecular weight excluding hydrogens is 364 g/mol. The Morgan fingerprint density at radius 1 is 1.07 bits per heavy atom. The van der Waals surface area contributed by atoms with Crippen molar-refractivity contribution in [2.24, 2.45) is 0 Å². The molecule has 0 spiro atoms. The lowest BCUT2D eigenvalue weighted by molar-refractivity contribution is -0.115. The zero-order chi connectivity index (χ0) is 19.3. The number of benzene rings is 2. The molecule has 2 aromatic carbocycles. The number of anilines is 1. The van der Waals surface area contributed by atoms with Crippen LogP contribution >= 0.6 is 11.8 Å². The number of fused-ring (bicyclic) bond motifs is 1. The van der Waals surface area contributed by atoms with E-state index in [1.807, 2.05) is 17.8 Å². The first-order valence-corrected chi connectivity index (χ1v) is 11.6. The molecule has 0 radical (unpaired) electrons. The van der Waals surface area contributed by atoms with E-state index in [-0.39, 0.29) is 5.91 Å². The summed E-state index contributed by atoms with van der Waals surface area (Å²) in [6, 6.07) is 12.9. The van der Waals surface area contributed by atoms with E-state index in [1.54, 1.807) is 0 Å². The fourth-order valence-electron chi connectivity index (χ4n) is 4.27. The molecule has 0 atom stereocenters. The van der Waals surface area contributed by atoms with Gasteiger partial charge in [0, 0.05) is 36.8 Å². The average Bonchev–Trinajstić information content (AvgIpc) is 2.72. The van der Waals surface area contributed by atoms with Crippen LogP contribution in [0.3, 0.4) is 0 Å². The number of nitrogens with one attached hydrogen (secondary N) is 1. The number of hydrogen-bond donors (Lipinski definition) is 1. The molecule has 4 rings (SSSR count). The van der Waals surface area contributed by atoms with Crippen molar-refractivity contribution >= 4 is 23.4 Å². The van der Waals surface area contributed by atoms with Gasteiger partial charge in [0.05, 0.1) is 6.42 Å². The van der Waals surface area contributed by atoms with Crippen molar-refractivity contribution in [1.82, 2.24) is 4.90 Å². The Bertz CT molecular complexity index is 842. The van der Waals surface area contributed by atoms with Crippen LogP contribution < -0.4 is 5.32 Å². The molecule has 148 valence electrons. The maximum absolute atomic E-state index is 12.7. The average molecular weight is 395 g/mol. The predicted octanol–water partition coefficient (Wildman–Crippen LogP) is 4.60. The molecule has 2 aromatic rings. The summed E-state index contributed by atoms with van der Waals surface area (Å²) in [6.07, 6.45) is 5.34. The molecule has 0 aromatic heterocycles. The van der Waals surface area contributed by atoms with Crippen LogP contribution in [0.4, 0.5) is 5.69 Å². The predicted molar refractivity (Wildman–Crippen MR) is 119 cm³/mol. The van der Waals surface area contributed by atoms with Gasteiger partial charge in [-0.1, -0.05) is 30.3 Å². The quantitative estimate of drug-likeness (QED) is 0.804. The monoisotopic (exact) mass is 394 g/mol. The summed E-state index contributed by atoms with van der Waals surface area (Å²) in [7, 11) is 0. The van der Waals surface area contributed by atoms with Crippen LogP contribution in [0, 0.1) is 6.92 Å². The zero-order valence-electron chi connectivity index (χ0n) is 16.8. The van der Waals surface area contributed by atoms with E-state index < -0.39 is 0 Å². The molecule has 4 heteroatoms. The molecule has 3 nitrogen and oxygen atoms in total. The van der Waals surface area contributed by atoms with Gasteiger partial charge in [0.25, 0.3) is 0 Å². The Morgan fingerprint density at radius 3 is 2.68 bits per heavy atom. The SMILES string of the molecule is Cc1c(CN2CCSCC2)cccc1NC(=O)Cc1ccc2c(c1)CCCC2. The third kappa shape index (κ3) is 4.79. The molecule has 1 aliphatic carbocycles. The lowest BCUT2D eigenvalue weighted by Crippen LogP contribution is -2.32. The van der Waals surface area contributed by atoms with Crippen molar-refractivity contribution in [2.75, 3.05) is 29.9 Å². The Labute approximate surface area is 172 Å². The highest BCUT2D eigenvalue weighted by Gasteiger charge is 2.15. The maximum Gasteiger partial charge on any atom is 0.228 e. The Hall–Kier alpha value is -1.78. The van der Waals surface area contributed by atoms with Gasteiger partial charge >= 0.3 is 0 Å². The van der Waals surface area contributed by atoms with Crippen molar-refractivity contribution in [3.8, 4) is 0 Å². The van der Waals surface area contributed by atoms with Gasteiger partial charge in [0.15, 0.2) is 0 Å². The number of rotatable bonds is 5. The van der Waals surface area contributed by atoms with Gasteiger partial charge in [-0.3, -0.25) is 9.69 Å². The van der Waals surface area contributed by atoms with Gasteiger partial charge < -0.3 is 5.32 Å². The third-order valence-corrected chi connectivity index (χ3v) is 6.94. The van der Waals surface area contributed by atoms with Crippen molar-refractivity contribution in [3.63, 3.8) is 0 Å². The highest BCUT2D eigenvalue weighted by atomic mass is 32.2. The van der Waals surface area contributed by atoms with Crippen molar-refractivity contribution in [1.29, 1.82) is 0 Å². The summed E-state index contributed by atoms with van der Waals surface area (Å²) >= 11 is 2.04. The molecule has 0 saturated carbocycles. The summed E-state index contributed by atoms with van der Waals surface area (Å²) in [5.74, 6) is 2.51. The van der Waals surface area contributed by atoms with Gasteiger partial charge in [0.2, 0.25) is 5.91 Å². The standard InChI is InChI=1S/C24H30N2OS/c1-18-22(17-26-11-13-28-14-12-26)7-4-8-23(18)25-24(27)16-19-9-10-20-5-2-3-6-21(20)15-19/h4,7-10,15H,2-3,5-6,11-14,16-17H2,1H3,(H,25,27). The van der Waals surface area contributed by atoms with Crippen LogP contribution in [0.5, 0.6) is 0 Å². The Kier molecular flexibility index (Phi) is 6.38. The van der Waals surface area contributed by atoms with Crippen LogP contribution in [-0.2, 0) is 30.6 Å². The van der Waals surface area contributed by atoms with Crippen LogP contribution in [0.1, 0.15) is 40.7 Å². The third-order valence-electron chi connectivity index (χ3n) is 6.00. The van der Waals surface area contributed by atoms with Gasteiger partial charge in [-0.15, -0.1) is 0 Å². The molecule has 1 fully saturated rings. The summed E-state index contributed by atoms with van der Waals surface area (Å²) in [6.45, 7) is 5.40. The summed E-state index contributed by atoms with van der Waals surface area (Å²) in [4.78, 5) is 15.2. The number of carbonyl (C=O) groups is 1. The van der Waals surface area contributed by atoms with Crippen LogP contribution in [0.15, 0.2) is 36.4 Å². The molecule has 0 unspecified atom stereocenters. The van der Waals surface area contributed by atoms with Crippen LogP contribution in [0.25, 0.3) is 0 Å². The molecule has 1 saturated heterocycles. The van der Waals surface area contributed by atoms with Crippen LogP contribution in [0.2, 0.25) is 0 Å². The van der Waals surface area contributed by atoms with Crippen molar-refractivity contribution in [2.45, 2.75) is 45.6 Å². The number of amides is 1. The molecular formula is C24H30N2OS. The van der Waals surface area contributed by atoms with Crippen LogP contribution in [-0.4, -0.2) is 35.4 Å². The molecule has 0 bridgehead atoms. The van der Waals surface area contributed by atoms with E-state index in [4.69, 9.17) is 0 Å². The van der Waals surface area contributed by atoms with Gasteiger partial charge in [-0.05, 0) is 66.5 Å². The van der Waals surface area contributed by atoms with E-state index in [1.165, 1.54) is 53.0 Å². The first kappa shape index (κ1) is 19.5. The minimum atomic E-state index is 0.0744. The lowest BCUT2D eigenvalue weighted by Gasteiger charge is -2.27. The molecule has 28 heavy (non-hydrogen) atoms. The van der Waals surface area contributed by atoms with E-state index in [9.17, 15) is 4.79 Å². The van der Waals surface area contributed by atoms with E-state index >= 15 is 0 Å². The Morgan fingerprint density at radius 2 is 1.86 bits per heavy atom. The number of aryl methyl sites for hydroxylation is 2. The number of carbonyl (C=O) groups excluding carboxylic acids is 1. The first-order chi connectivity index (χ1) is 13.7. The smallest absolute Gasteiger partial charge is 0.228 e. The van der Waals surface area contributed by atoms with Gasteiger partial charge in [-0.2, -0.15) is 11.8 Å². The minimum absolute atomic E-state index is 0.0744. The zero-order valence-corrected chi connectivity index (χ0v) is 17.6. The van der Waals surface area contributed by atoms with E-state index in [2.05, 4.69) is 47.5 Å². The summed E-state index contributed by atoms with van der Waals surface area (Å²) < 4.78 is 0. The van der Waals surface area contributed by atoms with E-state index in [0.717, 1.165) is 37.3 Å². The number of hydrogen-bond acceptors (Lipinski definition) is 3. The molecule has 1 amide bonds. The second kappa shape index (κ2) is 9.15. The summed E-state index contributed by atoms with van der Waals surface area (Å²) in [5.41, 5.74) is 7.49. The maximum atomic E-state index is 12.7. The minimum Gasteiger partial charge on any atom is -0.326 e. The van der Waals surface area contributed by atoms with E-state index in [0.29, 0.717) is 6.42 Å². The normalized spacial score (nSPS) is 17.2. The van der Waals surface area contributed by atoms with Gasteiger partial charge in [-0.25, -0.2) is 0 Å². The molecule has 1 heterocycles. The fourth-order valence-corrected chi connectivity index (χ4v) is 5.25. The molecule has 2 aliphatic rings. The van der Waals surface area contributed by atoms with Gasteiger partial charge in [0.1, 0.15) is 0 Å². The van der Waals surface area contributed by atoms with Crippen molar-refractivity contribution < 1.29 is 4.79 Å². The fraction of sp³-hybridized carbons (Fsp3) is 0.458. The highest BCUT2D eigenvalue weighted by Crippen LogP contribution is 2.24. The largest absolute Gasteiger partial charge is 0.326 e. The number of nitrogens with zero attached hydrogens (tertiary/aromatic N) is 1. The highest BCUT2D eigenvalue weighted by molar-refractivity contribution is 7.99. The number of thioether (sulfide) groups is 1. The Balaban J connectivity index is 1.40. The lowest BCUT2D eigenvalue weighted by atomic mass is 9.90. The second-order valence-corrected chi connectivity index (χ2v) is 9.24. The molecule has 1 N–H and O–H groups in total. The first-order valence-electron chi connectivity index (χ1n) is 10.5. The molecule has 1 aliphatic heterocycles. The van der Waals surface area contributed by atoms with Crippen molar-refractivity contribution in [3.05, 3.63) is 64.2 Å². The topological polar surface area (TPSA) is 32.3 Å². The second-order valence-electron chi connectivity index (χ2n) is 8.01. The summed E-state index contributed by atoms with van der Waals surface area (Å²) in [5, 5.41) is 3.15.